The number of carboxylic acids is 1. The number of nitrogens with zero attached hydrogens (tertiary/aromatic N) is 2. The van der Waals surface area contributed by atoms with Crippen LogP contribution in [0.4, 0.5) is 5.95 Å². The monoisotopic (exact) mass is 237 g/mol. The Morgan fingerprint density at radius 1 is 1.59 bits per heavy atom. The van der Waals surface area contributed by atoms with Crippen molar-refractivity contribution in [3.05, 3.63) is 12.3 Å². The first-order chi connectivity index (χ1) is 8.02. The van der Waals surface area contributed by atoms with Crippen molar-refractivity contribution in [3.8, 4) is 5.88 Å². The Balaban J connectivity index is 2.09. The van der Waals surface area contributed by atoms with Crippen LogP contribution >= 0.6 is 0 Å². The first kappa shape index (κ1) is 11.6. The molecule has 17 heavy (non-hydrogen) atoms. The first-order valence-corrected chi connectivity index (χ1v) is 5.53. The van der Waals surface area contributed by atoms with Gasteiger partial charge in [-0.1, -0.05) is 0 Å². The smallest absolute Gasteiger partial charge is 0.329 e. The van der Waals surface area contributed by atoms with Gasteiger partial charge in [-0.05, 0) is 26.7 Å². The number of hydrogen-bond acceptors (Lipinski definition) is 5. The van der Waals surface area contributed by atoms with Gasteiger partial charge in [0.05, 0.1) is 6.10 Å². The van der Waals surface area contributed by atoms with Crippen molar-refractivity contribution in [2.75, 3.05) is 5.32 Å². The maximum atomic E-state index is 11.0. The summed E-state index contributed by atoms with van der Waals surface area (Å²) < 4.78 is 5.41. The van der Waals surface area contributed by atoms with Gasteiger partial charge in [-0.25, -0.2) is 9.78 Å². The molecule has 0 bridgehead atoms. The lowest BCUT2D eigenvalue weighted by Gasteiger charge is -2.13. The second-order valence-electron chi connectivity index (χ2n) is 4.40. The van der Waals surface area contributed by atoms with E-state index in [1.807, 2.05) is 13.8 Å². The molecule has 1 aromatic rings. The summed E-state index contributed by atoms with van der Waals surface area (Å²) in [6.45, 7) is 3.80. The van der Waals surface area contributed by atoms with E-state index in [4.69, 9.17) is 9.84 Å². The normalized spacial score (nSPS) is 16.6. The minimum atomic E-state index is -0.879. The van der Waals surface area contributed by atoms with E-state index in [-0.39, 0.29) is 6.10 Å². The van der Waals surface area contributed by atoms with Crippen LogP contribution in [0.25, 0.3) is 0 Å². The first-order valence-electron chi connectivity index (χ1n) is 5.53. The lowest BCUT2D eigenvalue weighted by Crippen LogP contribution is -2.32. The summed E-state index contributed by atoms with van der Waals surface area (Å²) in [7, 11) is 0. The molecule has 2 rings (SSSR count). The van der Waals surface area contributed by atoms with Gasteiger partial charge in [0, 0.05) is 12.3 Å². The van der Waals surface area contributed by atoms with E-state index in [0.717, 1.165) is 0 Å². The van der Waals surface area contributed by atoms with Crippen molar-refractivity contribution in [2.24, 2.45) is 0 Å². The zero-order valence-electron chi connectivity index (χ0n) is 9.80. The number of carbonyl (C=O) groups is 1. The standard InChI is InChI=1S/C11H15N3O3/c1-7(2)17-8-3-6-12-10(13-8)14-11(4-5-11)9(15)16/h3,6-7H,4-5H2,1-2H3,(H,15,16)(H,12,13,14). The van der Waals surface area contributed by atoms with Crippen molar-refractivity contribution in [3.63, 3.8) is 0 Å². The molecule has 1 aliphatic carbocycles. The zero-order valence-corrected chi connectivity index (χ0v) is 9.80. The van der Waals surface area contributed by atoms with Gasteiger partial charge < -0.3 is 15.2 Å². The molecule has 2 N–H and O–H groups in total. The Bertz CT molecular complexity index is 430. The minimum Gasteiger partial charge on any atom is -0.480 e. The number of anilines is 1. The Hall–Kier alpha value is -1.85. The molecule has 1 aromatic heterocycles. The summed E-state index contributed by atoms with van der Waals surface area (Å²) in [5.74, 6) is -0.127. The molecule has 0 radical (unpaired) electrons. The van der Waals surface area contributed by atoms with Gasteiger partial charge in [0.2, 0.25) is 11.8 Å². The summed E-state index contributed by atoms with van der Waals surface area (Å²) in [6.07, 6.45) is 2.76. The third-order valence-electron chi connectivity index (χ3n) is 2.50. The number of nitrogens with one attached hydrogen (secondary N) is 1. The van der Waals surface area contributed by atoms with Crippen LogP contribution in [0.1, 0.15) is 26.7 Å². The molecule has 1 fully saturated rings. The summed E-state index contributed by atoms with van der Waals surface area (Å²) in [5.41, 5.74) is -0.879. The lowest BCUT2D eigenvalue weighted by atomic mass is 10.3. The minimum absolute atomic E-state index is 0.0205. The molecule has 0 aromatic carbocycles. The average Bonchev–Trinajstić information content (AvgIpc) is 2.98. The fourth-order valence-electron chi connectivity index (χ4n) is 1.44. The van der Waals surface area contributed by atoms with Gasteiger partial charge >= 0.3 is 5.97 Å². The molecule has 1 heterocycles. The summed E-state index contributed by atoms with van der Waals surface area (Å²) >= 11 is 0. The van der Waals surface area contributed by atoms with E-state index in [1.54, 1.807) is 12.3 Å². The van der Waals surface area contributed by atoms with Gasteiger partial charge in [0.25, 0.3) is 0 Å². The van der Waals surface area contributed by atoms with Crippen LogP contribution in [-0.2, 0) is 4.79 Å². The Morgan fingerprint density at radius 3 is 2.82 bits per heavy atom. The summed E-state index contributed by atoms with van der Waals surface area (Å²) in [6, 6.07) is 1.64. The zero-order chi connectivity index (χ0) is 12.5. The van der Waals surface area contributed by atoms with Crippen LogP contribution in [0.3, 0.4) is 0 Å². The largest absolute Gasteiger partial charge is 0.480 e. The van der Waals surface area contributed by atoms with Gasteiger partial charge in [-0.2, -0.15) is 4.98 Å². The van der Waals surface area contributed by atoms with Crippen molar-refractivity contribution in [2.45, 2.75) is 38.3 Å². The van der Waals surface area contributed by atoms with Crippen molar-refractivity contribution < 1.29 is 14.6 Å². The summed E-state index contributed by atoms with van der Waals surface area (Å²) in [4.78, 5) is 19.1. The number of ether oxygens (including phenoxy) is 1. The van der Waals surface area contributed by atoms with E-state index >= 15 is 0 Å². The molecule has 0 unspecified atom stereocenters. The summed E-state index contributed by atoms with van der Waals surface area (Å²) in [5, 5.41) is 11.9. The van der Waals surface area contributed by atoms with Crippen LogP contribution in [0.5, 0.6) is 5.88 Å². The van der Waals surface area contributed by atoms with E-state index in [1.165, 1.54) is 0 Å². The molecule has 0 aliphatic heterocycles. The molecule has 0 amide bonds. The van der Waals surface area contributed by atoms with E-state index in [9.17, 15) is 4.79 Å². The number of aromatic nitrogens is 2. The number of rotatable bonds is 5. The fourth-order valence-corrected chi connectivity index (χ4v) is 1.44. The molecule has 6 nitrogen and oxygen atoms in total. The van der Waals surface area contributed by atoms with Crippen LogP contribution in [0.15, 0.2) is 12.3 Å². The second kappa shape index (κ2) is 4.20. The van der Waals surface area contributed by atoms with Gasteiger partial charge in [0.15, 0.2) is 0 Å². The predicted molar refractivity (Wildman–Crippen MR) is 61.0 cm³/mol. The second-order valence-corrected chi connectivity index (χ2v) is 4.40. The number of aliphatic carboxylic acids is 1. The van der Waals surface area contributed by atoms with Crippen LogP contribution in [0.2, 0.25) is 0 Å². The van der Waals surface area contributed by atoms with E-state index in [0.29, 0.717) is 24.7 Å². The van der Waals surface area contributed by atoms with Crippen LogP contribution in [-0.4, -0.2) is 32.7 Å². The molecular weight excluding hydrogens is 222 g/mol. The quantitative estimate of drug-likeness (QED) is 0.802. The molecule has 1 saturated carbocycles. The average molecular weight is 237 g/mol. The van der Waals surface area contributed by atoms with Crippen LogP contribution in [0, 0.1) is 0 Å². The molecule has 0 atom stereocenters. The van der Waals surface area contributed by atoms with Gasteiger partial charge in [-0.15, -0.1) is 0 Å². The van der Waals surface area contributed by atoms with Crippen molar-refractivity contribution in [1.82, 2.24) is 9.97 Å². The maximum absolute atomic E-state index is 11.0. The molecular formula is C11H15N3O3. The maximum Gasteiger partial charge on any atom is 0.329 e. The Labute approximate surface area is 99.0 Å². The molecule has 0 spiro atoms. The molecule has 6 heteroatoms. The van der Waals surface area contributed by atoms with Crippen LogP contribution < -0.4 is 10.1 Å². The molecule has 1 aliphatic rings. The fraction of sp³-hybridized carbons (Fsp3) is 0.545. The van der Waals surface area contributed by atoms with E-state index < -0.39 is 11.5 Å². The highest BCUT2D eigenvalue weighted by atomic mass is 16.5. The van der Waals surface area contributed by atoms with Crippen molar-refractivity contribution in [1.29, 1.82) is 0 Å². The van der Waals surface area contributed by atoms with Gasteiger partial charge in [0.1, 0.15) is 5.54 Å². The Morgan fingerprint density at radius 2 is 2.29 bits per heavy atom. The Kier molecular flexibility index (Phi) is 2.87. The third kappa shape index (κ3) is 2.64. The third-order valence-corrected chi connectivity index (χ3v) is 2.50. The highest BCUT2D eigenvalue weighted by Crippen LogP contribution is 2.38. The lowest BCUT2D eigenvalue weighted by molar-refractivity contribution is -0.138. The highest BCUT2D eigenvalue weighted by Gasteiger charge is 2.51. The predicted octanol–water partition coefficient (Wildman–Crippen LogP) is 1.29. The number of carboxylic acid groups (broad SMARTS) is 1. The van der Waals surface area contributed by atoms with Crippen molar-refractivity contribution >= 4 is 11.9 Å². The number of hydrogen-bond donors (Lipinski definition) is 2. The molecule has 0 saturated heterocycles. The highest BCUT2D eigenvalue weighted by molar-refractivity contribution is 5.85. The SMILES string of the molecule is CC(C)Oc1ccnc(NC2(C(=O)O)CC2)n1. The van der Waals surface area contributed by atoms with Gasteiger partial charge in [-0.3, -0.25) is 0 Å². The molecule has 92 valence electrons. The topological polar surface area (TPSA) is 84.3 Å². The van der Waals surface area contributed by atoms with E-state index in [2.05, 4.69) is 15.3 Å².